The maximum absolute atomic E-state index is 2.46. The molecule has 0 aliphatic heterocycles. The molecule has 0 unspecified atom stereocenters. The number of rotatable bonds is 4. The lowest BCUT2D eigenvalue weighted by molar-refractivity contribution is 0.660. The van der Waals surface area contributed by atoms with Crippen molar-refractivity contribution in [2.75, 3.05) is 0 Å². The van der Waals surface area contributed by atoms with Crippen molar-refractivity contribution in [3.8, 4) is 44.1 Å². The van der Waals surface area contributed by atoms with Gasteiger partial charge < -0.3 is 9.13 Å². The summed E-state index contributed by atoms with van der Waals surface area (Å²) >= 11 is 1.90. The van der Waals surface area contributed by atoms with Crippen LogP contribution in [0.2, 0.25) is 0 Å². The van der Waals surface area contributed by atoms with Gasteiger partial charge in [0.1, 0.15) is 0 Å². The lowest BCUT2D eigenvalue weighted by Gasteiger charge is -2.22. The van der Waals surface area contributed by atoms with Crippen LogP contribution >= 0.6 is 11.3 Å². The van der Waals surface area contributed by atoms with Crippen molar-refractivity contribution in [1.82, 2.24) is 9.13 Å². The van der Waals surface area contributed by atoms with Gasteiger partial charge >= 0.3 is 0 Å². The highest BCUT2D eigenvalue weighted by molar-refractivity contribution is 7.23. The standard InChI is InChI=1S/C49H34N2S/c1-49(2)41-19-11-9-17-36(41)37-24-23-35(29-42(37)49)51-43-20-12-10-18-38(43)39-28-33(22-26-44(39)51)47-30-46-48(52-47)40-27-32(31-13-5-3-6-14-31)21-25-45(40)50(46)34-15-7-4-8-16-34/h3-30H,1-2H3. The van der Waals surface area contributed by atoms with Gasteiger partial charge in [0, 0.05) is 37.8 Å². The Balaban J connectivity index is 1.09. The summed E-state index contributed by atoms with van der Waals surface area (Å²) in [6.07, 6.45) is 0. The predicted molar refractivity (Wildman–Crippen MR) is 221 cm³/mol. The molecule has 2 nitrogen and oxygen atoms in total. The Morgan fingerprint density at radius 3 is 1.88 bits per heavy atom. The van der Waals surface area contributed by atoms with Gasteiger partial charge in [0.25, 0.3) is 0 Å². The average molecular weight is 683 g/mol. The van der Waals surface area contributed by atoms with Gasteiger partial charge in [-0.05, 0) is 99.6 Å². The molecule has 52 heavy (non-hydrogen) atoms. The van der Waals surface area contributed by atoms with Crippen LogP contribution in [-0.4, -0.2) is 9.13 Å². The maximum atomic E-state index is 2.46. The molecule has 0 N–H and O–H groups in total. The fraction of sp³-hybridized carbons (Fsp3) is 0.0612. The third-order valence-corrected chi connectivity index (χ3v) is 12.5. The number of thiophene rings is 1. The van der Waals surface area contributed by atoms with E-state index in [1.807, 2.05) is 11.3 Å². The van der Waals surface area contributed by atoms with Gasteiger partial charge in [0.05, 0.1) is 26.8 Å². The van der Waals surface area contributed by atoms with Crippen LogP contribution in [0.5, 0.6) is 0 Å². The first-order valence-electron chi connectivity index (χ1n) is 18.0. The molecule has 0 radical (unpaired) electrons. The zero-order valence-electron chi connectivity index (χ0n) is 29.0. The van der Waals surface area contributed by atoms with Crippen LogP contribution < -0.4 is 0 Å². The smallest absolute Gasteiger partial charge is 0.0655 e. The van der Waals surface area contributed by atoms with E-state index < -0.39 is 0 Å². The van der Waals surface area contributed by atoms with Crippen LogP contribution in [0.1, 0.15) is 25.0 Å². The topological polar surface area (TPSA) is 9.86 Å². The summed E-state index contributed by atoms with van der Waals surface area (Å²) in [4.78, 5) is 1.28. The number of hydrogen-bond acceptors (Lipinski definition) is 1. The molecule has 3 heteroatoms. The van der Waals surface area contributed by atoms with E-state index in [1.165, 1.54) is 98.1 Å². The highest BCUT2D eigenvalue weighted by Gasteiger charge is 2.35. The number of benzene rings is 7. The number of nitrogens with zero attached hydrogens (tertiary/aromatic N) is 2. The molecule has 0 spiro atoms. The number of hydrogen-bond donors (Lipinski definition) is 0. The zero-order valence-corrected chi connectivity index (χ0v) is 29.8. The third-order valence-electron chi connectivity index (χ3n) is 11.3. The van der Waals surface area contributed by atoms with E-state index in [0.29, 0.717) is 0 Å². The highest BCUT2D eigenvalue weighted by atomic mass is 32.1. The van der Waals surface area contributed by atoms with Gasteiger partial charge in [0.2, 0.25) is 0 Å². The summed E-state index contributed by atoms with van der Waals surface area (Å²) in [7, 11) is 0. The molecule has 3 heterocycles. The second kappa shape index (κ2) is 10.9. The van der Waals surface area contributed by atoms with Gasteiger partial charge in [-0.25, -0.2) is 0 Å². The predicted octanol–water partition coefficient (Wildman–Crippen LogP) is 13.6. The number of fused-ring (bicyclic) bond motifs is 9. The quantitative estimate of drug-likeness (QED) is 0.175. The molecule has 0 fully saturated rings. The monoisotopic (exact) mass is 682 g/mol. The molecule has 3 aromatic heterocycles. The molecule has 0 saturated carbocycles. The second-order valence-electron chi connectivity index (χ2n) is 14.6. The van der Waals surface area contributed by atoms with Gasteiger partial charge in [-0.15, -0.1) is 11.3 Å². The second-order valence-corrected chi connectivity index (χ2v) is 15.6. The normalized spacial score (nSPS) is 13.3. The molecule has 10 aromatic rings. The molecule has 0 atom stereocenters. The molecule has 7 aromatic carbocycles. The largest absolute Gasteiger partial charge is 0.309 e. The van der Waals surface area contributed by atoms with E-state index in [9.17, 15) is 0 Å². The number of para-hydroxylation sites is 2. The fourth-order valence-corrected chi connectivity index (χ4v) is 9.99. The molecule has 246 valence electrons. The summed E-state index contributed by atoms with van der Waals surface area (Å²) in [5.41, 5.74) is 16.5. The molecule has 1 aliphatic rings. The Hall–Kier alpha value is -6.16. The molecule has 0 bridgehead atoms. The van der Waals surface area contributed by atoms with Gasteiger partial charge in [-0.3, -0.25) is 0 Å². The Morgan fingerprint density at radius 2 is 1.04 bits per heavy atom. The minimum atomic E-state index is -0.0540. The molecule has 0 amide bonds. The van der Waals surface area contributed by atoms with E-state index in [2.05, 4.69) is 193 Å². The van der Waals surface area contributed by atoms with Crippen LogP contribution in [0.15, 0.2) is 170 Å². The van der Waals surface area contributed by atoms with E-state index in [4.69, 9.17) is 0 Å². The fourth-order valence-electron chi connectivity index (χ4n) is 8.83. The SMILES string of the molecule is CC1(C)c2ccccc2-c2ccc(-n3c4ccccc4c4cc(-c5cc6c(s5)c5cc(-c7ccccc7)ccc5n6-c5ccccc5)ccc43)cc21. The molecular weight excluding hydrogens is 649 g/mol. The van der Waals surface area contributed by atoms with Gasteiger partial charge in [0.15, 0.2) is 0 Å². The van der Waals surface area contributed by atoms with Crippen molar-refractivity contribution < 1.29 is 0 Å². The molecule has 0 saturated heterocycles. The summed E-state index contributed by atoms with van der Waals surface area (Å²) in [5, 5.41) is 3.84. The first-order chi connectivity index (χ1) is 25.5. The van der Waals surface area contributed by atoms with Crippen molar-refractivity contribution in [3.05, 3.63) is 181 Å². The molecule has 11 rings (SSSR count). The van der Waals surface area contributed by atoms with Crippen LogP contribution in [-0.2, 0) is 5.41 Å². The van der Waals surface area contributed by atoms with E-state index in [1.54, 1.807) is 0 Å². The van der Waals surface area contributed by atoms with E-state index in [-0.39, 0.29) is 5.41 Å². The summed E-state index contributed by atoms with van der Waals surface area (Å²) < 4.78 is 6.20. The Morgan fingerprint density at radius 1 is 0.404 bits per heavy atom. The van der Waals surface area contributed by atoms with Crippen LogP contribution in [0, 0.1) is 0 Å². The van der Waals surface area contributed by atoms with Crippen LogP contribution in [0.3, 0.4) is 0 Å². The summed E-state index contributed by atoms with van der Waals surface area (Å²) in [6, 6.07) is 62.7. The van der Waals surface area contributed by atoms with Crippen molar-refractivity contribution in [2.24, 2.45) is 0 Å². The van der Waals surface area contributed by atoms with Gasteiger partial charge in [-0.2, -0.15) is 0 Å². The first kappa shape index (κ1) is 29.6. The lowest BCUT2D eigenvalue weighted by atomic mass is 9.82. The van der Waals surface area contributed by atoms with E-state index in [0.717, 1.165) is 0 Å². The van der Waals surface area contributed by atoms with Crippen molar-refractivity contribution >= 4 is 54.3 Å². The molecule has 1 aliphatic carbocycles. The summed E-state index contributed by atoms with van der Waals surface area (Å²) in [6.45, 7) is 4.72. The minimum Gasteiger partial charge on any atom is -0.309 e. The Kier molecular flexibility index (Phi) is 6.21. The van der Waals surface area contributed by atoms with Crippen LogP contribution in [0.25, 0.3) is 87.0 Å². The maximum Gasteiger partial charge on any atom is 0.0655 e. The first-order valence-corrected chi connectivity index (χ1v) is 18.8. The highest BCUT2D eigenvalue weighted by Crippen LogP contribution is 2.50. The van der Waals surface area contributed by atoms with E-state index >= 15 is 0 Å². The summed E-state index contributed by atoms with van der Waals surface area (Å²) in [5.74, 6) is 0. The number of aromatic nitrogens is 2. The van der Waals surface area contributed by atoms with Crippen molar-refractivity contribution in [3.63, 3.8) is 0 Å². The van der Waals surface area contributed by atoms with Crippen molar-refractivity contribution in [1.29, 1.82) is 0 Å². The van der Waals surface area contributed by atoms with Crippen LogP contribution in [0.4, 0.5) is 0 Å². The minimum absolute atomic E-state index is 0.0540. The lowest BCUT2D eigenvalue weighted by Crippen LogP contribution is -2.15. The zero-order chi connectivity index (χ0) is 34.6. The third kappa shape index (κ3) is 4.17. The van der Waals surface area contributed by atoms with Crippen molar-refractivity contribution in [2.45, 2.75) is 19.3 Å². The Bertz CT molecular complexity index is 3030. The van der Waals surface area contributed by atoms with Gasteiger partial charge in [-0.1, -0.05) is 123 Å². The molecular formula is C49H34N2S. The Labute approximate surface area is 306 Å². The average Bonchev–Trinajstić information content (AvgIpc) is 3.91.